The van der Waals surface area contributed by atoms with Crippen LogP contribution in [-0.4, -0.2) is 122 Å². The number of carbonyl (C=O) groups is 6. The first kappa shape index (κ1) is 47.0. The maximum absolute atomic E-state index is 15.2. The number of hydrogen-bond donors (Lipinski definition) is 9. The molecule has 2 fully saturated rings. The zero-order valence-corrected chi connectivity index (χ0v) is 38.5. The Kier molecular flexibility index (Phi) is 13.9. The number of amides is 6. The van der Waals surface area contributed by atoms with Gasteiger partial charge in [-0.2, -0.15) is 0 Å². The van der Waals surface area contributed by atoms with E-state index in [9.17, 15) is 14.4 Å². The lowest BCUT2D eigenvalue weighted by Gasteiger charge is -2.40. The Morgan fingerprint density at radius 3 is 1.81 bits per heavy atom. The first-order valence-electron chi connectivity index (χ1n) is 23.6. The van der Waals surface area contributed by atoms with Crippen molar-refractivity contribution in [2.24, 2.45) is 22.2 Å². The number of guanidine groups is 1. The molecular formula is C51H57N13O6. The number of rotatable bonds is 10. The smallest absolute Gasteiger partial charge is 0.246 e. The molecule has 0 saturated carbocycles. The molecule has 3 aliphatic heterocycles. The highest BCUT2D eigenvalue weighted by atomic mass is 16.2. The Balaban J connectivity index is 1.14. The van der Waals surface area contributed by atoms with E-state index in [0.717, 1.165) is 38.5 Å². The monoisotopic (exact) mass is 947 g/mol. The molecule has 0 spiro atoms. The average molecular weight is 948 g/mol. The van der Waals surface area contributed by atoms with Gasteiger partial charge < -0.3 is 58.2 Å². The Morgan fingerprint density at radius 1 is 0.629 bits per heavy atom. The number of para-hydroxylation sites is 2. The molecule has 6 heterocycles. The van der Waals surface area contributed by atoms with Crippen molar-refractivity contribution < 1.29 is 28.8 Å². The van der Waals surface area contributed by atoms with Gasteiger partial charge in [-0.1, -0.05) is 66.7 Å². The van der Waals surface area contributed by atoms with Crippen LogP contribution in [0.4, 0.5) is 0 Å². The number of pyridine rings is 1. The van der Waals surface area contributed by atoms with Crippen LogP contribution < -0.4 is 38.5 Å². The molecule has 3 aromatic carbocycles. The summed E-state index contributed by atoms with van der Waals surface area (Å²) in [6.07, 6.45) is 7.19. The molecule has 0 bridgehead atoms. The second kappa shape index (κ2) is 20.7. The molecule has 3 aliphatic rings. The summed E-state index contributed by atoms with van der Waals surface area (Å²) in [6, 6.07) is 18.2. The lowest BCUT2D eigenvalue weighted by molar-refractivity contribution is -0.150. The van der Waals surface area contributed by atoms with Crippen LogP contribution in [0, 0.1) is 0 Å². The fraction of sp³-hybridized carbons (Fsp3) is 0.333. The van der Waals surface area contributed by atoms with E-state index in [4.69, 9.17) is 17.2 Å². The highest BCUT2D eigenvalue weighted by Crippen LogP contribution is 2.29. The number of hydrogen-bond acceptors (Lipinski definition) is 9. The van der Waals surface area contributed by atoms with E-state index in [0.29, 0.717) is 11.1 Å². The van der Waals surface area contributed by atoms with Gasteiger partial charge in [-0.15, -0.1) is 0 Å². The van der Waals surface area contributed by atoms with Crippen molar-refractivity contribution in [2.45, 2.75) is 93.8 Å². The molecule has 2 saturated heterocycles. The van der Waals surface area contributed by atoms with Crippen LogP contribution >= 0.6 is 0 Å². The normalized spacial score (nSPS) is 23.6. The van der Waals surface area contributed by atoms with E-state index in [2.05, 4.69) is 41.2 Å². The lowest BCUT2D eigenvalue weighted by atomic mass is 9.92. The van der Waals surface area contributed by atoms with Gasteiger partial charge in [0, 0.05) is 98.0 Å². The first-order valence-corrected chi connectivity index (χ1v) is 23.6. The largest absolute Gasteiger partial charge is 0.370 e. The van der Waals surface area contributed by atoms with E-state index in [1.165, 1.54) is 9.80 Å². The highest BCUT2D eigenvalue weighted by molar-refractivity contribution is 5.99. The maximum atomic E-state index is 15.2. The van der Waals surface area contributed by atoms with Gasteiger partial charge in [0.15, 0.2) is 5.96 Å². The van der Waals surface area contributed by atoms with Crippen LogP contribution in [0.2, 0.25) is 0 Å². The molecule has 19 heteroatoms. The molecule has 12 N–H and O–H groups in total. The number of fused-ring (bicyclic) bond motifs is 5. The number of aromatic nitrogens is 3. The van der Waals surface area contributed by atoms with Crippen LogP contribution in [-0.2, 0) is 61.0 Å². The molecule has 9 rings (SSSR count). The molecule has 7 atom stereocenters. The fourth-order valence-electron chi connectivity index (χ4n) is 10.00. The van der Waals surface area contributed by atoms with Gasteiger partial charge >= 0.3 is 0 Å². The number of carbonyl (C=O) groups excluding carboxylic acids is 6. The van der Waals surface area contributed by atoms with Crippen molar-refractivity contribution in [3.63, 3.8) is 0 Å². The molecule has 6 aromatic rings. The van der Waals surface area contributed by atoms with Crippen LogP contribution in [0.3, 0.4) is 0 Å². The van der Waals surface area contributed by atoms with Crippen molar-refractivity contribution in [1.82, 2.24) is 46.0 Å². The quantitative estimate of drug-likeness (QED) is 0.0533. The number of aliphatic imine (C=N–C) groups is 1. The van der Waals surface area contributed by atoms with E-state index in [1.807, 2.05) is 72.8 Å². The van der Waals surface area contributed by atoms with Crippen molar-refractivity contribution in [2.75, 3.05) is 13.1 Å². The fourth-order valence-corrected chi connectivity index (χ4v) is 10.00. The minimum absolute atomic E-state index is 0.00477. The highest BCUT2D eigenvalue weighted by Gasteiger charge is 2.46. The van der Waals surface area contributed by atoms with Gasteiger partial charge in [0.25, 0.3) is 0 Å². The minimum atomic E-state index is -1.29. The molecule has 362 valence electrons. The minimum Gasteiger partial charge on any atom is -0.370 e. The van der Waals surface area contributed by atoms with Gasteiger partial charge in [0.2, 0.25) is 35.4 Å². The zero-order valence-electron chi connectivity index (χ0n) is 38.5. The summed E-state index contributed by atoms with van der Waals surface area (Å²) in [7, 11) is 0. The Bertz CT molecular complexity index is 2950. The van der Waals surface area contributed by atoms with E-state index in [-0.39, 0.29) is 70.5 Å². The molecular weight excluding hydrogens is 891 g/mol. The summed E-state index contributed by atoms with van der Waals surface area (Å²) in [4.78, 5) is 108. The number of nitrogens with one attached hydrogen (secondary N) is 6. The number of benzene rings is 3. The predicted octanol–water partition coefficient (Wildman–Crippen LogP) is 0.960. The zero-order chi connectivity index (χ0) is 48.9. The summed E-state index contributed by atoms with van der Waals surface area (Å²) < 4.78 is 0. The van der Waals surface area contributed by atoms with Crippen LogP contribution in [0.15, 0.2) is 115 Å². The standard InChI is InChI=1S/C51H57N13O6/c52-34-23-44-50(70)63-27-31-11-2-1-10-30(31)22-43(63)48(68)62-42(21-33-26-58-38-15-6-4-13-36(33)38)47(67)60-40(19-29-9-7-17-55-24-29)45(65)61-41(20-32-25-57-37-14-5-3-12-35(32)37)46(66)59-39(49(69)64(44)28-34)16-8-18-56-51(53)54/h1-7,9-15,17,24-26,34,39-44,57-58H,8,16,18-23,27-28,52H2,(H,59,66)(H,60,67)(H,61,65)(H,62,68)(H4,53,54,56)/t34-,39+,40-,41+,42+,43+,44-/m1/s1. The van der Waals surface area contributed by atoms with Gasteiger partial charge in [0.05, 0.1) is 0 Å². The topological polar surface area (TPSA) is 292 Å². The summed E-state index contributed by atoms with van der Waals surface area (Å²) in [5.74, 6) is -3.86. The predicted molar refractivity (Wildman–Crippen MR) is 262 cm³/mol. The molecule has 3 aromatic heterocycles. The van der Waals surface area contributed by atoms with Crippen molar-refractivity contribution >= 4 is 63.2 Å². The van der Waals surface area contributed by atoms with Crippen molar-refractivity contribution in [3.05, 3.63) is 138 Å². The number of H-pyrrole nitrogens is 2. The van der Waals surface area contributed by atoms with Crippen LogP contribution in [0.25, 0.3) is 21.8 Å². The van der Waals surface area contributed by atoms with Crippen molar-refractivity contribution in [1.29, 1.82) is 0 Å². The molecule has 0 aliphatic carbocycles. The Hall–Kier alpha value is -8.06. The van der Waals surface area contributed by atoms with E-state index in [1.54, 1.807) is 36.9 Å². The SMILES string of the molecule is NC(N)=NCCC[C@@H]1NC(=O)[C@H](Cc2c[nH]c3ccccc23)NC(=O)[C@@H](Cc2cccnc2)NC(=O)[C@H](Cc2c[nH]c3ccccc23)NC(=O)[C@@H]2Cc3ccccc3CN2C(=O)[C@H]2C[C@@H](N)CN2C1=O. The maximum Gasteiger partial charge on any atom is 0.246 e. The second-order valence-electron chi connectivity index (χ2n) is 18.3. The molecule has 6 amide bonds. The van der Waals surface area contributed by atoms with Gasteiger partial charge in [0.1, 0.15) is 36.3 Å². The summed E-state index contributed by atoms with van der Waals surface area (Å²) in [6.45, 7) is 0.178. The third kappa shape index (κ3) is 10.3. The summed E-state index contributed by atoms with van der Waals surface area (Å²) in [5.41, 5.74) is 23.2. The van der Waals surface area contributed by atoms with Crippen molar-refractivity contribution in [3.8, 4) is 0 Å². The van der Waals surface area contributed by atoms with E-state index < -0.39 is 77.7 Å². The van der Waals surface area contributed by atoms with Gasteiger partial charge in [-0.3, -0.25) is 38.7 Å². The Morgan fingerprint density at radius 2 is 1.20 bits per heavy atom. The molecule has 0 radical (unpaired) electrons. The van der Waals surface area contributed by atoms with E-state index >= 15 is 14.4 Å². The number of nitrogens with zero attached hydrogens (tertiary/aromatic N) is 4. The number of aromatic amines is 2. The molecule has 0 unspecified atom stereocenters. The van der Waals surface area contributed by atoms with Crippen LogP contribution in [0.1, 0.15) is 47.1 Å². The second-order valence-corrected chi connectivity index (χ2v) is 18.3. The summed E-state index contributed by atoms with van der Waals surface area (Å²) in [5, 5.41) is 13.5. The third-order valence-electron chi connectivity index (χ3n) is 13.6. The third-order valence-corrected chi connectivity index (χ3v) is 13.6. The van der Waals surface area contributed by atoms with Gasteiger partial charge in [-0.25, -0.2) is 0 Å². The molecule has 70 heavy (non-hydrogen) atoms. The Labute approximate surface area is 403 Å². The molecule has 19 nitrogen and oxygen atoms in total. The summed E-state index contributed by atoms with van der Waals surface area (Å²) >= 11 is 0. The first-order chi connectivity index (χ1) is 33.9. The average Bonchev–Trinajstić information content (AvgIpc) is 4.09. The van der Waals surface area contributed by atoms with Gasteiger partial charge in [-0.05, 0) is 65.3 Å². The number of nitrogens with two attached hydrogens (primary N) is 3. The lowest BCUT2D eigenvalue weighted by Crippen LogP contribution is -2.63. The van der Waals surface area contributed by atoms with Crippen LogP contribution in [0.5, 0.6) is 0 Å².